The van der Waals surface area contributed by atoms with E-state index < -0.39 is 0 Å². The first kappa shape index (κ1) is 11.4. The molecule has 1 unspecified atom stereocenters. The molecule has 2 aliphatic rings. The summed E-state index contributed by atoms with van der Waals surface area (Å²) in [6, 6.07) is 0.723. The molecule has 2 saturated heterocycles. The summed E-state index contributed by atoms with van der Waals surface area (Å²) in [5.41, 5.74) is 0. The zero-order chi connectivity index (χ0) is 10.3. The van der Waals surface area contributed by atoms with Gasteiger partial charge in [-0.15, -0.1) is 0 Å². The maximum atomic E-state index is 4.70. The fourth-order valence-corrected chi connectivity index (χ4v) is 2.91. The van der Waals surface area contributed by atoms with Crippen LogP contribution in [0, 0.1) is 5.92 Å². The van der Waals surface area contributed by atoms with E-state index in [0.717, 1.165) is 18.5 Å². The van der Waals surface area contributed by atoms with Gasteiger partial charge in [0, 0.05) is 12.6 Å². The first-order valence-electron chi connectivity index (χ1n) is 6.82. The van der Waals surface area contributed by atoms with Crippen LogP contribution in [0.2, 0.25) is 0 Å². The van der Waals surface area contributed by atoms with Gasteiger partial charge in [-0.1, -0.05) is 19.3 Å². The number of hydrogen-bond donors (Lipinski definition) is 1. The Bertz CT molecular complexity index is 140. The summed E-state index contributed by atoms with van der Waals surface area (Å²) >= 11 is 0. The SMILES string of the molecule is C1CCC(CCCC2CCNCC2)[N]C1. The van der Waals surface area contributed by atoms with Crippen LogP contribution < -0.4 is 10.6 Å². The first-order valence-corrected chi connectivity index (χ1v) is 6.82. The molecule has 2 fully saturated rings. The lowest BCUT2D eigenvalue weighted by molar-refractivity contribution is 0.316. The van der Waals surface area contributed by atoms with Crippen molar-refractivity contribution in [2.75, 3.05) is 19.6 Å². The summed E-state index contributed by atoms with van der Waals surface area (Å²) in [5, 5.41) is 8.14. The molecule has 1 N–H and O–H groups in total. The van der Waals surface area contributed by atoms with E-state index in [1.54, 1.807) is 0 Å². The van der Waals surface area contributed by atoms with E-state index in [2.05, 4.69) is 5.32 Å². The predicted octanol–water partition coefficient (Wildman–Crippen LogP) is 2.31. The molecular weight excluding hydrogens is 184 g/mol. The van der Waals surface area contributed by atoms with Crippen molar-refractivity contribution in [1.29, 1.82) is 0 Å². The Hall–Kier alpha value is -0.0800. The van der Waals surface area contributed by atoms with Gasteiger partial charge in [0.05, 0.1) is 0 Å². The Morgan fingerprint density at radius 3 is 2.60 bits per heavy atom. The largest absolute Gasteiger partial charge is 0.317 e. The van der Waals surface area contributed by atoms with Crippen LogP contribution in [0.4, 0.5) is 0 Å². The Kier molecular flexibility index (Phi) is 4.94. The zero-order valence-electron chi connectivity index (χ0n) is 9.88. The fraction of sp³-hybridized carbons (Fsp3) is 1.00. The standard InChI is InChI=1S/C13H25N2/c1-2-9-15-13(5-1)6-3-4-12-7-10-14-11-8-12/h12-14H,1-11H2. The normalized spacial score (nSPS) is 29.2. The monoisotopic (exact) mass is 209 g/mol. The highest BCUT2D eigenvalue weighted by Gasteiger charge is 2.16. The van der Waals surface area contributed by atoms with Crippen molar-refractivity contribution in [3.8, 4) is 0 Å². The molecule has 2 aliphatic heterocycles. The second-order valence-corrected chi connectivity index (χ2v) is 5.18. The van der Waals surface area contributed by atoms with Crippen molar-refractivity contribution >= 4 is 0 Å². The molecule has 1 atom stereocenters. The van der Waals surface area contributed by atoms with Crippen LogP contribution in [-0.2, 0) is 0 Å². The van der Waals surface area contributed by atoms with Gasteiger partial charge in [-0.3, -0.25) is 0 Å². The topological polar surface area (TPSA) is 26.1 Å². The van der Waals surface area contributed by atoms with Crippen LogP contribution in [0.25, 0.3) is 0 Å². The minimum absolute atomic E-state index is 0.723. The molecule has 2 heteroatoms. The van der Waals surface area contributed by atoms with Gasteiger partial charge in [-0.05, 0) is 51.1 Å². The smallest absolute Gasteiger partial charge is 0.0246 e. The molecular formula is C13H25N2. The van der Waals surface area contributed by atoms with Crippen molar-refractivity contribution in [3.63, 3.8) is 0 Å². The number of hydrogen-bond acceptors (Lipinski definition) is 1. The summed E-state index contributed by atoms with van der Waals surface area (Å²) in [6.07, 6.45) is 11.2. The molecule has 15 heavy (non-hydrogen) atoms. The summed E-state index contributed by atoms with van der Waals surface area (Å²) < 4.78 is 0. The van der Waals surface area contributed by atoms with Crippen LogP contribution in [0.15, 0.2) is 0 Å². The number of rotatable bonds is 4. The second-order valence-electron chi connectivity index (χ2n) is 5.18. The third-order valence-electron chi connectivity index (χ3n) is 3.94. The predicted molar refractivity (Wildman–Crippen MR) is 64.1 cm³/mol. The van der Waals surface area contributed by atoms with Gasteiger partial charge in [0.1, 0.15) is 0 Å². The summed E-state index contributed by atoms with van der Waals surface area (Å²) in [6.45, 7) is 3.63. The molecule has 0 aromatic carbocycles. The van der Waals surface area contributed by atoms with Crippen molar-refractivity contribution in [3.05, 3.63) is 0 Å². The molecule has 1 radical (unpaired) electrons. The lowest BCUT2D eigenvalue weighted by atomic mass is 9.90. The average molecular weight is 209 g/mol. The van der Waals surface area contributed by atoms with Crippen LogP contribution in [-0.4, -0.2) is 25.7 Å². The highest BCUT2D eigenvalue weighted by molar-refractivity contribution is 4.73. The molecule has 0 aromatic rings. The van der Waals surface area contributed by atoms with Crippen LogP contribution >= 0.6 is 0 Å². The van der Waals surface area contributed by atoms with Gasteiger partial charge >= 0.3 is 0 Å². The Morgan fingerprint density at radius 2 is 1.87 bits per heavy atom. The number of piperidine rings is 2. The fourth-order valence-electron chi connectivity index (χ4n) is 2.91. The minimum atomic E-state index is 0.723. The van der Waals surface area contributed by atoms with Crippen molar-refractivity contribution < 1.29 is 0 Å². The van der Waals surface area contributed by atoms with Crippen molar-refractivity contribution in [2.24, 2.45) is 5.92 Å². The van der Waals surface area contributed by atoms with E-state index in [4.69, 9.17) is 5.32 Å². The molecule has 2 nitrogen and oxygen atoms in total. The second kappa shape index (κ2) is 6.49. The first-order chi connectivity index (χ1) is 7.45. The average Bonchev–Trinajstić information content (AvgIpc) is 2.32. The molecule has 0 aliphatic carbocycles. The van der Waals surface area contributed by atoms with E-state index in [1.807, 2.05) is 0 Å². The van der Waals surface area contributed by atoms with E-state index in [-0.39, 0.29) is 0 Å². The molecule has 0 bridgehead atoms. The Balaban J connectivity index is 1.53. The third kappa shape index (κ3) is 4.12. The molecule has 0 aromatic heterocycles. The molecule has 0 spiro atoms. The molecule has 0 amide bonds. The highest BCUT2D eigenvalue weighted by atomic mass is 14.9. The molecule has 87 valence electrons. The summed E-state index contributed by atoms with van der Waals surface area (Å²) in [5.74, 6) is 1.01. The van der Waals surface area contributed by atoms with Gasteiger partial charge in [0.2, 0.25) is 0 Å². The maximum Gasteiger partial charge on any atom is 0.0246 e. The van der Waals surface area contributed by atoms with Crippen LogP contribution in [0.3, 0.4) is 0 Å². The molecule has 2 heterocycles. The van der Waals surface area contributed by atoms with Gasteiger partial charge < -0.3 is 5.32 Å². The van der Waals surface area contributed by atoms with Gasteiger partial charge in [0.15, 0.2) is 0 Å². The quantitative estimate of drug-likeness (QED) is 0.755. The van der Waals surface area contributed by atoms with Crippen molar-refractivity contribution in [2.45, 2.75) is 57.4 Å². The molecule has 2 rings (SSSR count). The van der Waals surface area contributed by atoms with Crippen LogP contribution in [0.5, 0.6) is 0 Å². The van der Waals surface area contributed by atoms with Crippen molar-refractivity contribution in [1.82, 2.24) is 10.6 Å². The van der Waals surface area contributed by atoms with Gasteiger partial charge in [-0.25, -0.2) is 5.32 Å². The number of nitrogens with one attached hydrogen (secondary N) is 1. The van der Waals surface area contributed by atoms with E-state index in [1.165, 1.54) is 64.5 Å². The van der Waals surface area contributed by atoms with E-state index >= 15 is 0 Å². The lowest BCUT2D eigenvalue weighted by Crippen LogP contribution is -2.29. The Labute approximate surface area is 94.2 Å². The summed E-state index contributed by atoms with van der Waals surface area (Å²) in [4.78, 5) is 0. The zero-order valence-corrected chi connectivity index (χ0v) is 9.88. The van der Waals surface area contributed by atoms with Gasteiger partial charge in [0.25, 0.3) is 0 Å². The molecule has 0 saturated carbocycles. The van der Waals surface area contributed by atoms with Crippen LogP contribution in [0.1, 0.15) is 51.4 Å². The van der Waals surface area contributed by atoms with E-state index in [0.29, 0.717) is 0 Å². The van der Waals surface area contributed by atoms with E-state index in [9.17, 15) is 0 Å². The number of nitrogens with zero attached hydrogens (tertiary/aromatic N) is 1. The van der Waals surface area contributed by atoms with Gasteiger partial charge in [-0.2, -0.15) is 0 Å². The Morgan fingerprint density at radius 1 is 1.00 bits per heavy atom. The minimum Gasteiger partial charge on any atom is -0.317 e. The summed E-state index contributed by atoms with van der Waals surface area (Å²) in [7, 11) is 0. The third-order valence-corrected chi connectivity index (χ3v) is 3.94. The lowest BCUT2D eigenvalue weighted by Gasteiger charge is -2.25. The highest BCUT2D eigenvalue weighted by Crippen LogP contribution is 2.21. The maximum absolute atomic E-state index is 4.70.